The predicted octanol–water partition coefficient (Wildman–Crippen LogP) is 4.75. The van der Waals surface area contributed by atoms with Gasteiger partial charge in [0.25, 0.3) is 0 Å². The van der Waals surface area contributed by atoms with Crippen LogP contribution in [0.15, 0.2) is 41.4 Å². The van der Waals surface area contributed by atoms with E-state index in [9.17, 15) is 24.9 Å². The van der Waals surface area contributed by atoms with Gasteiger partial charge in [-0.15, -0.1) is 11.8 Å². The first kappa shape index (κ1) is 25.5. The minimum absolute atomic E-state index is 0.0160. The number of Topliss-reactive ketones (excluding diaryl/α,β-unsaturated/α-hetero) is 1. The number of aryl methyl sites for hydroxylation is 1. The fourth-order valence-electron chi connectivity index (χ4n) is 4.54. The molecule has 2 heterocycles. The summed E-state index contributed by atoms with van der Waals surface area (Å²) < 4.78 is 10.8. The summed E-state index contributed by atoms with van der Waals surface area (Å²) in [5.41, 5.74) is 2.32. The Bertz CT molecular complexity index is 1340. The lowest BCUT2D eigenvalue weighted by Gasteiger charge is -2.24. The van der Waals surface area contributed by atoms with Crippen molar-refractivity contribution in [3.05, 3.63) is 75.6 Å². The van der Waals surface area contributed by atoms with Gasteiger partial charge in [0, 0.05) is 39.3 Å². The lowest BCUT2D eigenvalue weighted by atomic mass is 9.83. The van der Waals surface area contributed by atoms with E-state index < -0.39 is 29.5 Å². The molecule has 0 amide bonds. The first-order chi connectivity index (χ1) is 17.2. The monoisotopic (exact) mass is 509 g/mol. The molecule has 1 aliphatic rings. The van der Waals surface area contributed by atoms with Crippen LogP contribution in [0, 0.1) is 6.92 Å². The third-order valence-electron chi connectivity index (χ3n) is 6.49. The van der Waals surface area contributed by atoms with Crippen molar-refractivity contribution in [2.24, 2.45) is 0 Å². The molecule has 0 bridgehead atoms. The normalized spacial score (nSPS) is 15.4. The summed E-state index contributed by atoms with van der Waals surface area (Å²) in [5.74, 6) is -2.61. The van der Waals surface area contributed by atoms with E-state index in [-0.39, 0.29) is 41.2 Å². The molecule has 0 radical (unpaired) electrons. The molecule has 3 N–H and O–H groups in total. The predicted molar refractivity (Wildman–Crippen MR) is 134 cm³/mol. The number of aromatic hydroxyl groups is 3. The minimum atomic E-state index is -0.906. The third kappa shape index (κ3) is 4.52. The molecule has 3 aromatic rings. The van der Waals surface area contributed by atoms with Crippen LogP contribution in [0.4, 0.5) is 0 Å². The Morgan fingerprint density at radius 1 is 1.17 bits per heavy atom. The Balaban J connectivity index is 1.96. The van der Waals surface area contributed by atoms with Gasteiger partial charge in [0.1, 0.15) is 23.4 Å². The molecule has 1 aliphatic heterocycles. The third-order valence-corrected chi connectivity index (χ3v) is 7.23. The number of methoxy groups -OCH3 is 1. The molecule has 0 aliphatic carbocycles. The Morgan fingerprint density at radius 2 is 1.86 bits per heavy atom. The number of ether oxygens (including phenoxy) is 2. The van der Waals surface area contributed by atoms with E-state index in [4.69, 9.17) is 9.47 Å². The highest BCUT2D eigenvalue weighted by atomic mass is 32.2. The second-order valence-corrected chi connectivity index (χ2v) is 9.49. The quantitative estimate of drug-likeness (QED) is 0.235. The fourth-order valence-corrected chi connectivity index (χ4v) is 4.95. The van der Waals surface area contributed by atoms with Gasteiger partial charge in [-0.2, -0.15) is 0 Å². The van der Waals surface area contributed by atoms with Gasteiger partial charge in [-0.05, 0) is 43.9 Å². The number of carbonyl (C=O) groups excluding carboxylic acids is 2. The Labute approximate surface area is 212 Å². The highest BCUT2D eigenvalue weighted by Gasteiger charge is 2.36. The Morgan fingerprint density at radius 3 is 2.47 bits per heavy atom. The molecular formula is C27H27NO7S. The summed E-state index contributed by atoms with van der Waals surface area (Å²) in [6.45, 7) is 3.10. The van der Waals surface area contributed by atoms with Crippen LogP contribution in [0.25, 0.3) is 0 Å². The van der Waals surface area contributed by atoms with Gasteiger partial charge in [0.15, 0.2) is 5.78 Å². The van der Waals surface area contributed by atoms with Crippen molar-refractivity contribution in [2.75, 3.05) is 13.4 Å². The lowest BCUT2D eigenvalue weighted by Crippen LogP contribution is -2.13. The zero-order chi connectivity index (χ0) is 26.1. The van der Waals surface area contributed by atoms with Crippen LogP contribution >= 0.6 is 11.8 Å². The highest BCUT2D eigenvalue weighted by molar-refractivity contribution is 7.98. The molecule has 188 valence electrons. The molecule has 2 unspecified atom stereocenters. The van der Waals surface area contributed by atoms with Crippen molar-refractivity contribution < 1.29 is 34.4 Å². The summed E-state index contributed by atoms with van der Waals surface area (Å²) in [4.78, 5) is 30.1. The molecule has 2 atom stereocenters. The number of benzene rings is 2. The Hall–Kier alpha value is -3.56. The summed E-state index contributed by atoms with van der Waals surface area (Å²) in [6.07, 6.45) is 2.44. The molecule has 0 fully saturated rings. The number of carbonyl (C=O) groups is 2. The zero-order valence-electron chi connectivity index (χ0n) is 20.4. The number of thioether (sulfide) groups is 1. The van der Waals surface area contributed by atoms with Crippen LogP contribution in [0.2, 0.25) is 0 Å². The summed E-state index contributed by atoms with van der Waals surface area (Å²) in [7, 11) is 1.26. The van der Waals surface area contributed by atoms with Gasteiger partial charge >= 0.3 is 5.97 Å². The Kier molecular flexibility index (Phi) is 7.23. The second kappa shape index (κ2) is 10.2. The van der Waals surface area contributed by atoms with E-state index in [2.05, 4.69) is 4.98 Å². The molecule has 1 aromatic heterocycles. The van der Waals surface area contributed by atoms with E-state index in [0.29, 0.717) is 22.4 Å². The first-order valence-electron chi connectivity index (χ1n) is 11.3. The van der Waals surface area contributed by atoms with Gasteiger partial charge in [-0.1, -0.05) is 12.1 Å². The largest absolute Gasteiger partial charge is 0.507 e. The van der Waals surface area contributed by atoms with Gasteiger partial charge < -0.3 is 24.8 Å². The fraction of sp³-hybridized carbons (Fsp3) is 0.296. The number of esters is 1. The molecule has 36 heavy (non-hydrogen) atoms. The van der Waals surface area contributed by atoms with E-state index in [1.807, 2.05) is 18.4 Å². The number of fused-ring (bicyclic) bond motifs is 1. The van der Waals surface area contributed by atoms with Crippen LogP contribution in [-0.2, 0) is 20.9 Å². The molecule has 2 aromatic carbocycles. The van der Waals surface area contributed by atoms with Crippen LogP contribution in [0.5, 0.6) is 17.2 Å². The molecule has 0 saturated carbocycles. The van der Waals surface area contributed by atoms with Gasteiger partial charge in [-0.3, -0.25) is 14.6 Å². The number of nitrogens with zero attached hydrogens (tertiary/aromatic N) is 1. The maximum absolute atomic E-state index is 12.5. The van der Waals surface area contributed by atoms with Crippen molar-refractivity contribution in [1.29, 1.82) is 0 Å². The maximum Gasteiger partial charge on any atom is 0.306 e. The van der Waals surface area contributed by atoms with E-state index in [1.165, 1.54) is 20.1 Å². The number of pyridine rings is 1. The minimum Gasteiger partial charge on any atom is -0.507 e. The average Bonchev–Trinajstić information content (AvgIpc) is 3.30. The number of phenols is 2. The van der Waals surface area contributed by atoms with Gasteiger partial charge in [-0.25, -0.2) is 0 Å². The number of phenolic OH excluding ortho intramolecular Hbond substituents is 2. The maximum atomic E-state index is 12.5. The highest BCUT2D eigenvalue weighted by Crippen LogP contribution is 2.50. The van der Waals surface area contributed by atoms with Crippen LogP contribution in [0.1, 0.15) is 69.2 Å². The van der Waals surface area contributed by atoms with Crippen molar-refractivity contribution in [3.8, 4) is 17.2 Å². The van der Waals surface area contributed by atoms with Crippen molar-refractivity contribution >= 4 is 23.5 Å². The number of aromatic nitrogens is 1. The first-order valence-corrected chi connectivity index (χ1v) is 12.5. The average molecular weight is 510 g/mol. The molecular weight excluding hydrogens is 482 g/mol. The van der Waals surface area contributed by atoms with E-state index in [1.54, 1.807) is 37.0 Å². The summed E-state index contributed by atoms with van der Waals surface area (Å²) >= 11 is 1.55. The van der Waals surface area contributed by atoms with E-state index in [0.717, 1.165) is 4.90 Å². The van der Waals surface area contributed by atoms with Gasteiger partial charge in [0.2, 0.25) is 0 Å². The molecule has 0 saturated heterocycles. The topological polar surface area (TPSA) is 126 Å². The summed E-state index contributed by atoms with van der Waals surface area (Å²) in [5, 5.41) is 33.4. The van der Waals surface area contributed by atoms with E-state index >= 15 is 0 Å². The molecule has 0 spiro atoms. The standard InChI is InChI=1S/C27H27NO7S/c1-13-24(31)22-16(11-28-13)12-35-27(22)20-9-18(14(2)29)25(32)23(26(20)33)19(10-21(30)34-3)15-5-7-17(36-4)8-6-15/h5-9,11,19,27,31-33H,10,12H2,1-4H3. The molecule has 4 rings (SSSR count). The smallest absolute Gasteiger partial charge is 0.306 e. The summed E-state index contributed by atoms with van der Waals surface area (Å²) in [6, 6.07) is 8.73. The van der Waals surface area contributed by atoms with Gasteiger partial charge in [0.05, 0.1) is 31.4 Å². The number of hydrogen-bond acceptors (Lipinski definition) is 9. The molecule has 9 heteroatoms. The van der Waals surface area contributed by atoms with Crippen LogP contribution < -0.4 is 0 Å². The SMILES string of the molecule is COC(=O)CC(c1ccc(SC)cc1)c1c(O)c(C(C)=O)cc(C2OCc3cnc(C)c(O)c32)c1O. The second-order valence-electron chi connectivity index (χ2n) is 8.61. The van der Waals surface area contributed by atoms with Crippen LogP contribution in [0.3, 0.4) is 0 Å². The lowest BCUT2D eigenvalue weighted by molar-refractivity contribution is -0.140. The van der Waals surface area contributed by atoms with Crippen LogP contribution in [-0.4, -0.2) is 45.4 Å². The number of hydrogen-bond donors (Lipinski definition) is 3. The van der Waals surface area contributed by atoms with Crippen molar-refractivity contribution in [3.63, 3.8) is 0 Å². The number of rotatable bonds is 7. The zero-order valence-corrected chi connectivity index (χ0v) is 21.2. The van der Waals surface area contributed by atoms with Crippen molar-refractivity contribution in [1.82, 2.24) is 4.98 Å². The molecule has 8 nitrogen and oxygen atoms in total. The number of ketones is 1. The van der Waals surface area contributed by atoms with Crippen molar-refractivity contribution in [2.45, 2.75) is 43.8 Å².